The number of amides is 2. The first-order valence-electron chi connectivity index (χ1n) is 9.22. The van der Waals surface area contributed by atoms with E-state index in [-0.39, 0.29) is 11.8 Å². The molecule has 0 spiro atoms. The van der Waals surface area contributed by atoms with E-state index in [0.717, 1.165) is 5.39 Å². The molecule has 29 heavy (non-hydrogen) atoms. The Labute approximate surface area is 166 Å². The molecule has 0 saturated carbocycles. The third-order valence-corrected chi connectivity index (χ3v) is 4.98. The van der Waals surface area contributed by atoms with Gasteiger partial charge in [0, 0.05) is 17.5 Å². The average Bonchev–Trinajstić information content (AvgIpc) is 2.68. The first-order valence-corrected chi connectivity index (χ1v) is 9.22. The van der Waals surface area contributed by atoms with Gasteiger partial charge in [-0.1, -0.05) is 12.1 Å². The molecule has 0 saturated heterocycles. The molecule has 0 radical (unpaired) electrons. The fraction of sp³-hybridized carbons (Fsp3) is 0.227. The molecule has 148 valence electrons. The van der Waals surface area contributed by atoms with E-state index in [1.54, 1.807) is 63.2 Å². The molecule has 1 aliphatic rings. The minimum atomic E-state index is -1.08. The number of nitrogens with zero attached hydrogens (tertiary/aromatic N) is 1. The fourth-order valence-electron chi connectivity index (χ4n) is 3.40. The molecule has 1 aromatic heterocycles. The van der Waals surface area contributed by atoms with Crippen molar-refractivity contribution >= 4 is 34.2 Å². The molecule has 0 bridgehead atoms. The van der Waals surface area contributed by atoms with Crippen LogP contribution in [0.5, 0.6) is 5.75 Å². The highest BCUT2D eigenvalue weighted by Gasteiger charge is 2.45. The summed E-state index contributed by atoms with van der Waals surface area (Å²) >= 11 is 0. The number of para-hydroxylation sites is 2. The van der Waals surface area contributed by atoms with Gasteiger partial charge < -0.3 is 14.5 Å². The molecule has 2 amide bonds. The van der Waals surface area contributed by atoms with E-state index < -0.39 is 17.3 Å². The topological polar surface area (TPSA) is 88.8 Å². The Morgan fingerprint density at radius 2 is 1.83 bits per heavy atom. The number of ether oxygens (including phenoxy) is 1. The lowest BCUT2D eigenvalue weighted by molar-refractivity contribution is -0.130. The first-order chi connectivity index (χ1) is 13.8. The summed E-state index contributed by atoms with van der Waals surface area (Å²) in [6.45, 7) is 5.00. The van der Waals surface area contributed by atoms with Crippen molar-refractivity contribution in [3.63, 3.8) is 0 Å². The third-order valence-electron chi connectivity index (χ3n) is 4.98. The molecular formula is C22H20N2O5. The van der Waals surface area contributed by atoms with Crippen LogP contribution in [0.4, 0.5) is 11.4 Å². The van der Waals surface area contributed by atoms with E-state index >= 15 is 0 Å². The monoisotopic (exact) mass is 392 g/mol. The van der Waals surface area contributed by atoms with Crippen LogP contribution in [0.2, 0.25) is 0 Å². The Hall–Kier alpha value is -3.61. The molecule has 2 heterocycles. The predicted molar refractivity (Wildman–Crippen MR) is 109 cm³/mol. The van der Waals surface area contributed by atoms with Gasteiger partial charge in [-0.05, 0) is 51.1 Å². The van der Waals surface area contributed by atoms with Crippen molar-refractivity contribution in [1.82, 2.24) is 0 Å². The van der Waals surface area contributed by atoms with Gasteiger partial charge in [-0.2, -0.15) is 0 Å². The Kier molecular flexibility index (Phi) is 4.38. The highest BCUT2D eigenvalue weighted by Crippen LogP contribution is 2.37. The number of nitrogens with one attached hydrogen (secondary N) is 1. The summed E-state index contributed by atoms with van der Waals surface area (Å²) in [5, 5.41) is 3.58. The first kappa shape index (κ1) is 18.7. The maximum Gasteiger partial charge on any atom is 0.336 e. The van der Waals surface area contributed by atoms with E-state index in [1.165, 1.54) is 11.0 Å². The van der Waals surface area contributed by atoms with Crippen molar-refractivity contribution in [1.29, 1.82) is 0 Å². The number of fused-ring (bicyclic) bond motifs is 2. The number of carbonyl (C=O) groups is 2. The van der Waals surface area contributed by atoms with E-state index in [0.29, 0.717) is 22.7 Å². The molecule has 0 fully saturated rings. The van der Waals surface area contributed by atoms with E-state index in [2.05, 4.69) is 5.32 Å². The lowest BCUT2D eigenvalue weighted by atomic mass is 9.95. The van der Waals surface area contributed by atoms with Gasteiger partial charge in [-0.15, -0.1) is 0 Å². The third kappa shape index (κ3) is 3.24. The van der Waals surface area contributed by atoms with Crippen LogP contribution in [0.15, 0.2) is 63.8 Å². The molecule has 1 aliphatic heterocycles. The standard InChI is InChI=1S/C22H20N2O5/c1-13(28-15-10-8-14-9-11-19(25)29-18(14)12-15)20(26)24-17-7-5-4-6-16(17)23-21(27)22(24,2)3/h4-13H,1-3H3,(H,23,27)/t13-/m1/s1. The van der Waals surface area contributed by atoms with Crippen LogP contribution in [0.1, 0.15) is 20.8 Å². The molecule has 7 heteroatoms. The number of rotatable bonds is 3. The minimum Gasteiger partial charge on any atom is -0.481 e. The van der Waals surface area contributed by atoms with Crippen LogP contribution >= 0.6 is 0 Å². The summed E-state index contributed by atoms with van der Waals surface area (Å²) in [5.41, 5.74) is 0.0141. The van der Waals surface area contributed by atoms with Crippen LogP contribution < -0.4 is 20.6 Å². The van der Waals surface area contributed by atoms with Gasteiger partial charge in [0.15, 0.2) is 6.10 Å². The smallest absolute Gasteiger partial charge is 0.336 e. The van der Waals surface area contributed by atoms with E-state index in [9.17, 15) is 14.4 Å². The van der Waals surface area contributed by atoms with Gasteiger partial charge >= 0.3 is 5.63 Å². The van der Waals surface area contributed by atoms with Crippen LogP contribution in [-0.4, -0.2) is 23.5 Å². The normalized spacial score (nSPS) is 16.1. The Bertz CT molecular complexity index is 1180. The Balaban J connectivity index is 1.65. The van der Waals surface area contributed by atoms with Crippen molar-refractivity contribution in [2.75, 3.05) is 10.2 Å². The van der Waals surface area contributed by atoms with Crippen LogP contribution in [-0.2, 0) is 9.59 Å². The second-order valence-corrected chi connectivity index (χ2v) is 7.42. The van der Waals surface area contributed by atoms with Gasteiger partial charge in [0.25, 0.3) is 5.91 Å². The molecule has 1 N–H and O–H groups in total. The maximum absolute atomic E-state index is 13.3. The van der Waals surface area contributed by atoms with Crippen LogP contribution in [0.3, 0.4) is 0 Å². The zero-order valence-electron chi connectivity index (χ0n) is 16.3. The second kappa shape index (κ2) is 6.77. The molecule has 1 atom stereocenters. The molecule has 0 unspecified atom stereocenters. The predicted octanol–water partition coefficient (Wildman–Crippen LogP) is 3.32. The highest BCUT2D eigenvalue weighted by atomic mass is 16.5. The van der Waals surface area contributed by atoms with Gasteiger partial charge in [0.2, 0.25) is 5.91 Å². The van der Waals surface area contributed by atoms with Crippen LogP contribution in [0.25, 0.3) is 11.0 Å². The number of benzene rings is 2. The van der Waals surface area contributed by atoms with Crippen molar-refractivity contribution in [3.8, 4) is 5.75 Å². The number of hydrogen-bond donors (Lipinski definition) is 1. The summed E-state index contributed by atoms with van der Waals surface area (Å²) in [6, 6.07) is 15.2. The number of hydrogen-bond acceptors (Lipinski definition) is 5. The Morgan fingerprint density at radius 1 is 1.10 bits per heavy atom. The second-order valence-electron chi connectivity index (χ2n) is 7.42. The lowest BCUT2D eigenvalue weighted by Crippen LogP contribution is -2.60. The van der Waals surface area contributed by atoms with Gasteiger partial charge in [-0.3, -0.25) is 14.5 Å². The van der Waals surface area contributed by atoms with Crippen LogP contribution in [0, 0.1) is 0 Å². The molecule has 3 aromatic rings. The molecule has 4 rings (SSSR count). The van der Waals surface area contributed by atoms with Gasteiger partial charge in [0.05, 0.1) is 11.4 Å². The van der Waals surface area contributed by atoms with E-state index in [4.69, 9.17) is 9.15 Å². The summed E-state index contributed by atoms with van der Waals surface area (Å²) in [6.07, 6.45) is -0.874. The lowest BCUT2D eigenvalue weighted by Gasteiger charge is -2.42. The highest BCUT2D eigenvalue weighted by molar-refractivity contribution is 6.14. The maximum atomic E-state index is 13.3. The number of carbonyl (C=O) groups excluding carboxylic acids is 2. The summed E-state index contributed by atoms with van der Waals surface area (Å²) in [4.78, 5) is 38.8. The van der Waals surface area contributed by atoms with Gasteiger partial charge in [0.1, 0.15) is 16.9 Å². The van der Waals surface area contributed by atoms with Gasteiger partial charge in [-0.25, -0.2) is 4.79 Å². The number of anilines is 2. The molecule has 2 aromatic carbocycles. The van der Waals surface area contributed by atoms with Crippen molar-refractivity contribution in [3.05, 3.63) is 65.0 Å². The molecular weight excluding hydrogens is 372 g/mol. The van der Waals surface area contributed by atoms with Crippen molar-refractivity contribution in [2.45, 2.75) is 32.4 Å². The molecule has 7 nitrogen and oxygen atoms in total. The summed E-state index contributed by atoms with van der Waals surface area (Å²) in [7, 11) is 0. The SMILES string of the molecule is C[C@@H](Oc1ccc2ccc(=O)oc2c1)C(=O)N1c2ccccc2NC(=O)C1(C)C. The summed E-state index contributed by atoms with van der Waals surface area (Å²) < 4.78 is 11.0. The fourth-order valence-corrected chi connectivity index (χ4v) is 3.40. The van der Waals surface area contributed by atoms with Crippen molar-refractivity contribution in [2.24, 2.45) is 0 Å². The minimum absolute atomic E-state index is 0.274. The molecule has 0 aliphatic carbocycles. The largest absolute Gasteiger partial charge is 0.481 e. The zero-order valence-corrected chi connectivity index (χ0v) is 16.3. The van der Waals surface area contributed by atoms with E-state index in [1.807, 2.05) is 6.07 Å². The Morgan fingerprint density at radius 3 is 2.62 bits per heavy atom. The van der Waals surface area contributed by atoms with Crippen molar-refractivity contribution < 1.29 is 18.7 Å². The quantitative estimate of drug-likeness (QED) is 0.691. The zero-order chi connectivity index (χ0) is 20.8. The summed E-state index contributed by atoms with van der Waals surface area (Å²) in [5.74, 6) is -0.239. The average molecular weight is 392 g/mol.